The number of aromatic hydroxyl groups is 2. The summed E-state index contributed by atoms with van der Waals surface area (Å²) in [4.78, 5) is 24.1. The van der Waals surface area contributed by atoms with Gasteiger partial charge in [0.2, 0.25) is 0 Å². The highest BCUT2D eigenvalue weighted by molar-refractivity contribution is 7.92. The highest BCUT2D eigenvalue weighted by Crippen LogP contribution is 2.40. The maximum Gasteiger partial charge on any atom is 0.338 e. The van der Waals surface area contributed by atoms with E-state index in [0.29, 0.717) is 0 Å². The number of carbonyl (C=O) groups is 1. The van der Waals surface area contributed by atoms with Crippen molar-refractivity contribution in [1.82, 2.24) is 9.13 Å². The van der Waals surface area contributed by atoms with E-state index in [0.717, 1.165) is 22.0 Å². The van der Waals surface area contributed by atoms with Gasteiger partial charge in [-0.05, 0) is 55.3 Å². The third-order valence-corrected chi connectivity index (χ3v) is 6.29. The molecule has 0 amide bonds. The Balaban J connectivity index is 1.64. The highest BCUT2D eigenvalue weighted by atomic mass is 32.2. The number of hydrogen-bond acceptors (Lipinski definition) is 7. The van der Waals surface area contributed by atoms with Crippen molar-refractivity contribution in [2.24, 2.45) is 0 Å². The fourth-order valence-electron chi connectivity index (χ4n) is 3.20. The summed E-state index contributed by atoms with van der Waals surface area (Å²) in [6.45, 7) is 0. The maximum absolute atomic E-state index is 12.7. The number of benzene rings is 2. The van der Waals surface area contributed by atoms with Crippen molar-refractivity contribution in [3.05, 3.63) is 64.6 Å². The van der Waals surface area contributed by atoms with E-state index in [4.69, 9.17) is 0 Å². The minimum atomic E-state index is -3.99. The van der Waals surface area contributed by atoms with Crippen LogP contribution in [0.4, 0.5) is 5.69 Å². The standard InChI is InChI=1S/C20H19N3O7S/c1-30-19(26)12-5-9-16(10-6-12)31(28,29)21-13-3-2-4-15(11-13)23-18(25)17(24)22(20(23)27)14-7-8-14/h2-6,9-11,14,21,24-25H,7-8H2,1H3. The summed E-state index contributed by atoms with van der Waals surface area (Å²) < 4.78 is 34.4. The maximum atomic E-state index is 12.7. The average molecular weight is 445 g/mol. The van der Waals surface area contributed by atoms with Crippen LogP contribution in [0.5, 0.6) is 11.8 Å². The molecule has 3 N–H and O–H groups in total. The van der Waals surface area contributed by atoms with Gasteiger partial charge in [-0.2, -0.15) is 0 Å². The second kappa shape index (κ2) is 7.51. The fraction of sp³-hybridized carbons (Fsp3) is 0.200. The zero-order valence-corrected chi connectivity index (χ0v) is 17.2. The Labute approximate surface area is 177 Å². The molecule has 0 aliphatic heterocycles. The Morgan fingerprint density at radius 1 is 1.10 bits per heavy atom. The van der Waals surface area contributed by atoms with Crippen LogP contribution in [-0.4, -0.2) is 40.8 Å². The molecule has 31 heavy (non-hydrogen) atoms. The van der Waals surface area contributed by atoms with Gasteiger partial charge in [0.15, 0.2) is 0 Å². The van der Waals surface area contributed by atoms with E-state index in [-0.39, 0.29) is 27.9 Å². The normalized spacial score (nSPS) is 13.7. The van der Waals surface area contributed by atoms with Crippen LogP contribution < -0.4 is 10.4 Å². The van der Waals surface area contributed by atoms with E-state index in [1.807, 2.05) is 0 Å². The predicted molar refractivity (Wildman–Crippen MR) is 110 cm³/mol. The molecule has 1 fully saturated rings. The minimum absolute atomic E-state index is 0.0805. The van der Waals surface area contributed by atoms with Crippen LogP contribution in [0.2, 0.25) is 0 Å². The van der Waals surface area contributed by atoms with Crippen LogP contribution >= 0.6 is 0 Å². The quantitative estimate of drug-likeness (QED) is 0.493. The molecule has 1 heterocycles. The Kier molecular flexibility index (Phi) is 4.97. The zero-order valence-electron chi connectivity index (χ0n) is 16.3. The Hall–Kier alpha value is -3.73. The van der Waals surface area contributed by atoms with Gasteiger partial charge in [0, 0.05) is 6.04 Å². The molecule has 1 saturated carbocycles. The summed E-state index contributed by atoms with van der Waals surface area (Å²) >= 11 is 0. The van der Waals surface area contributed by atoms with Crippen LogP contribution in [0, 0.1) is 0 Å². The molecule has 0 bridgehead atoms. The molecule has 1 aromatic heterocycles. The van der Waals surface area contributed by atoms with E-state index in [1.54, 1.807) is 0 Å². The fourth-order valence-corrected chi connectivity index (χ4v) is 4.25. The number of hydrogen-bond donors (Lipinski definition) is 3. The van der Waals surface area contributed by atoms with Gasteiger partial charge in [0.1, 0.15) is 0 Å². The van der Waals surface area contributed by atoms with Gasteiger partial charge in [0.25, 0.3) is 21.8 Å². The number of carbonyl (C=O) groups excluding carboxylic acids is 1. The number of aromatic nitrogens is 2. The summed E-state index contributed by atoms with van der Waals surface area (Å²) in [7, 11) is -2.77. The second-order valence-electron chi connectivity index (χ2n) is 7.04. The first-order valence-electron chi connectivity index (χ1n) is 9.29. The lowest BCUT2D eigenvalue weighted by Gasteiger charge is -2.10. The molecule has 0 spiro atoms. The topological polar surface area (TPSA) is 140 Å². The molecule has 1 aliphatic rings. The Bertz CT molecular complexity index is 1320. The summed E-state index contributed by atoms with van der Waals surface area (Å²) in [6.07, 6.45) is 1.46. The molecule has 162 valence electrons. The smallest absolute Gasteiger partial charge is 0.338 e. The van der Waals surface area contributed by atoms with Crippen LogP contribution in [-0.2, 0) is 14.8 Å². The van der Waals surface area contributed by atoms with E-state index in [9.17, 15) is 28.2 Å². The minimum Gasteiger partial charge on any atom is -0.491 e. The van der Waals surface area contributed by atoms with Crippen LogP contribution in [0.1, 0.15) is 29.2 Å². The zero-order chi connectivity index (χ0) is 22.3. The molecular formula is C20H19N3O7S. The number of sulfonamides is 1. The van der Waals surface area contributed by atoms with Crippen molar-refractivity contribution >= 4 is 21.7 Å². The predicted octanol–water partition coefficient (Wildman–Crippen LogP) is 1.97. The third-order valence-electron chi connectivity index (χ3n) is 4.89. The molecule has 0 radical (unpaired) electrons. The number of nitrogens with one attached hydrogen (secondary N) is 1. The number of methoxy groups -OCH3 is 1. The van der Waals surface area contributed by atoms with Gasteiger partial charge >= 0.3 is 11.7 Å². The number of rotatable bonds is 6. The highest BCUT2D eigenvalue weighted by Gasteiger charge is 2.32. The largest absolute Gasteiger partial charge is 0.491 e. The second-order valence-corrected chi connectivity index (χ2v) is 8.72. The lowest BCUT2D eigenvalue weighted by atomic mass is 10.2. The summed E-state index contributed by atoms with van der Waals surface area (Å²) in [5.74, 6) is -1.73. The molecule has 1 aliphatic carbocycles. The van der Waals surface area contributed by atoms with E-state index < -0.39 is 33.4 Å². The molecular weight excluding hydrogens is 426 g/mol. The van der Waals surface area contributed by atoms with Crippen molar-refractivity contribution in [3.63, 3.8) is 0 Å². The molecule has 10 nitrogen and oxygen atoms in total. The molecule has 0 atom stereocenters. The molecule has 2 aromatic carbocycles. The lowest BCUT2D eigenvalue weighted by molar-refractivity contribution is 0.0600. The van der Waals surface area contributed by atoms with Gasteiger partial charge < -0.3 is 14.9 Å². The summed E-state index contributed by atoms with van der Waals surface area (Å²) in [5.41, 5.74) is -0.0906. The van der Waals surface area contributed by atoms with E-state index >= 15 is 0 Å². The summed E-state index contributed by atoms with van der Waals surface area (Å²) in [6, 6.07) is 10.9. The number of ether oxygens (including phenoxy) is 1. The van der Waals surface area contributed by atoms with Crippen molar-refractivity contribution < 1.29 is 28.2 Å². The van der Waals surface area contributed by atoms with Crippen LogP contribution in [0.25, 0.3) is 5.69 Å². The van der Waals surface area contributed by atoms with Gasteiger partial charge in [-0.1, -0.05) is 6.07 Å². The first-order chi connectivity index (χ1) is 14.7. The number of imidazole rings is 1. The third kappa shape index (κ3) is 3.75. The van der Waals surface area contributed by atoms with Crippen LogP contribution in [0.3, 0.4) is 0 Å². The number of nitrogens with zero attached hydrogens (tertiary/aromatic N) is 2. The van der Waals surface area contributed by atoms with Crippen molar-refractivity contribution in [2.75, 3.05) is 11.8 Å². The lowest BCUT2D eigenvalue weighted by Crippen LogP contribution is -2.22. The number of esters is 1. The molecule has 3 aromatic rings. The van der Waals surface area contributed by atoms with E-state index in [2.05, 4.69) is 9.46 Å². The molecule has 4 rings (SSSR count). The van der Waals surface area contributed by atoms with Crippen molar-refractivity contribution in [1.29, 1.82) is 0 Å². The van der Waals surface area contributed by atoms with Gasteiger partial charge in [-0.15, -0.1) is 0 Å². The molecule has 0 unspecified atom stereocenters. The van der Waals surface area contributed by atoms with Gasteiger partial charge in [-0.25, -0.2) is 22.6 Å². The monoisotopic (exact) mass is 445 g/mol. The van der Waals surface area contributed by atoms with Gasteiger partial charge in [-0.3, -0.25) is 9.29 Å². The first-order valence-corrected chi connectivity index (χ1v) is 10.8. The van der Waals surface area contributed by atoms with Crippen molar-refractivity contribution in [3.8, 4) is 17.4 Å². The average Bonchev–Trinajstić information content (AvgIpc) is 3.55. The Morgan fingerprint density at radius 3 is 2.39 bits per heavy atom. The summed E-state index contributed by atoms with van der Waals surface area (Å²) in [5, 5.41) is 20.3. The van der Waals surface area contributed by atoms with Crippen molar-refractivity contribution in [2.45, 2.75) is 23.8 Å². The number of anilines is 1. The van der Waals surface area contributed by atoms with E-state index in [1.165, 1.54) is 55.6 Å². The molecule has 0 saturated heterocycles. The van der Waals surface area contributed by atoms with Gasteiger partial charge in [0.05, 0.1) is 28.9 Å². The van der Waals surface area contributed by atoms with Crippen LogP contribution in [0.15, 0.2) is 58.2 Å². The SMILES string of the molecule is COC(=O)c1ccc(S(=O)(=O)Nc2cccc(-n3c(O)c(O)n(C4CC4)c3=O)c2)cc1. The molecule has 11 heteroatoms. The first kappa shape index (κ1) is 20.5. The Morgan fingerprint density at radius 2 is 1.77 bits per heavy atom.